The Morgan fingerprint density at radius 1 is 1.22 bits per heavy atom. The number of hydrogen-bond donors (Lipinski definition) is 0. The Hall–Kier alpha value is -3.79. The van der Waals surface area contributed by atoms with E-state index in [1.165, 1.54) is 30.2 Å². The molecular formula is C22H22N4O6. The molecule has 0 aliphatic carbocycles. The molecule has 166 valence electrons. The van der Waals surface area contributed by atoms with E-state index in [0.29, 0.717) is 22.5 Å². The number of benzene rings is 2. The highest BCUT2D eigenvalue weighted by Gasteiger charge is 2.48. The number of aromatic nitrogens is 2. The predicted molar refractivity (Wildman–Crippen MR) is 115 cm³/mol. The number of nitrogens with zero attached hydrogens (tertiary/aromatic N) is 4. The standard InChI is InChI=1S/C22H22N4O6/c1-3-32-21(28)18-19(14-7-6-8-15(13-14)26(29)30)25-17-10-5-4-9-16(17)23-22(25)24(20(18)27)11-12-31-2/h4-10,13,18-19H,3,11-12H2,1-2H3/t18-,19+/m0/s1. The highest BCUT2D eigenvalue weighted by Crippen LogP contribution is 2.41. The number of non-ortho nitro benzene ring substituents is 1. The molecule has 1 aromatic heterocycles. The van der Waals surface area contributed by atoms with Crippen LogP contribution in [0.3, 0.4) is 0 Å². The molecule has 0 spiro atoms. The molecule has 0 radical (unpaired) electrons. The van der Waals surface area contributed by atoms with Gasteiger partial charge in [0.05, 0.1) is 41.8 Å². The average Bonchev–Trinajstić information content (AvgIpc) is 3.17. The van der Waals surface area contributed by atoms with Gasteiger partial charge in [-0.25, -0.2) is 4.98 Å². The summed E-state index contributed by atoms with van der Waals surface area (Å²) in [6.07, 6.45) is 0. The molecule has 2 heterocycles. The Bertz CT molecular complexity index is 1190. The number of para-hydroxylation sites is 2. The first-order chi connectivity index (χ1) is 15.5. The average molecular weight is 438 g/mol. The number of carbonyl (C=O) groups is 2. The monoisotopic (exact) mass is 438 g/mol. The molecule has 1 aliphatic heterocycles. The van der Waals surface area contributed by atoms with Crippen LogP contribution in [0.2, 0.25) is 0 Å². The van der Waals surface area contributed by atoms with E-state index in [2.05, 4.69) is 4.98 Å². The third-order valence-corrected chi connectivity index (χ3v) is 5.43. The van der Waals surface area contributed by atoms with E-state index >= 15 is 0 Å². The van der Waals surface area contributed by atoms with Gasteiger partial charge >= 0.3 is 5.97 Å². The van der Waals surface area contributed by atoms with Crippen LogP contribution in [0.25, 0.3) is 11.0 Å². The van der Waals surface area contributed by atoms with Crippen LogP contribution in [0.1, 0.15) is 18.5 Å². The second-order valence-corrected chi connectivity index (χ2v) is 7.28. The first-order valence-electron chi connectivity index (χ1n) is 10.2. The fraction of sp³-hybridized carbons (Fsp3) is 0.318. The number of ether oxygens (including phenoxy) is 2. The number of hydrogen-bond acceptors (Lipinski definition) is 7. The van der Waals surface area contributed by atoms with E-state index in [1.54, 1.807) is 17.6 Å². The maximum Gasteiger partial charge on any atom is 0.321 e. The largest absolute Gasteiger partial charge is 0.465 e. The minimum Gasteiger partial charge on any atom is -0.465 e. The second-order valence-electron chi connectivity index (χ2n) is 7.28. The number of imidazole rings is 1. The number of fused-ring (bicyclic) bond motifs is 3. The fourth-order valence-corrected chi connectivity index (χ4v) is 4.07. The Morgan fingerprint density at radius 2 is 2.00 bits per heavy atom. The molecule has 3 aromatic rings. The number of esters is 1. The summed E-state index contributed by atoms with van der Waals surface area (Å²) in [6, 6.07) is 12.4. The molecular weight excluding hydrogens is 416 g/mol. The summed E-state index contributed by atoms with van der Waals surface area (Å²) in [4.78, 5) is 43.5. The van der Waals surface area contributed by atoms with Gasteiger partial charge in [-0.15, -0.1) is 0 Å². The van der Waals surface area contributed by atoms with Gasteiger partial charge in [0.2, 0.25) is 11.9 Å². The van der Waals surface area contributed by atoms with Crippen molar-refractivity contribution in [2.45, 2.75) is 13.0 Å². The number of nitro benzene ring substituents is 1. The fourth-order valence-electron chi connectivity index (χ4n) is 4.07. The Balaban J connectivity index is 1.99. The third-order valence-electron chi connectivity index (χ3n) is 5.43. The molecule has 10 nitrogen and oxygen atoms in total. The number of rotatable bonds is 7. The van der Waals surface area contributed by atoms with E-state index in [-0.39, 0.29) is 25.4 Å². The smallest absolute Gasteiger partial charge is 0.321 e. The molecule has 0 N–H and O–H groups in total. The minimum atomic E-state index is -1.24. The molecule has 1 aliphatic rings. The molecule has 10 heteroatoms. The van der Waals surface area contributed by atoms with E-state index in [0.717, 1.165) is 0 Å². The van der Waals surface area contributed by atoms with Crippen LogP contribution >= 0.6 is 0 Å². The maximum atomic E-state index is 13.6. The van der Waals surface area contributed by atoms with Crippen molar-refractivity contribution >= 4 is 34.5 Å². The number of amides is 1. The lowest BCUT2D eigenvalue weighted by atomic mass is 9.89. The molecule has 32 heavy (non-hydrogen) atoms. The van der Waals surface area contributed by atoms with Gasteiger partial charge in [0.1, 0.15) is 0 Å². The van der Waals surface area contributed by atoms with Crippen molar-refractivity contribution in [1.29, 1.82) is 0 Å². The summed E-state index contributed by atoms with van der Waals surface area (Å²) < 4.78 is 12.2. The van der Waals surface area contributed by atoms with Crippen LogP contribution in [0.15, 0.2) is 48.5 Å². The normalized spacial score (nSPS) is 17.9. The van der Waals surface area contributed by atoms with Crippen LogP contribution < -0.4 is 4.90 Å². The number of methoxy groups -OCH3 is 1. The molecule has 0 unspecified atom stereocenters. The third kappa shape index (κ3) is 3.58. The van der Waals surface area contributed by atoms with Gasteiger partial charge in [-0.05, 0) is 24.6 Å². The summed E-state index contributed by atoms with van der Waals surface area (Å²) in [5, 5.41) is 11.4. The first kappa shape index (κ1) is 21.4. The molecule has 0 fully saturated rings. The zero-order valence-electron chi connectivity index (χ0n) is 17.6. The van der Waals surface area contributed by atoms with Crippen molar-refractivity contribution in [2.24, 2.45) is 5.92 Å². The molecule has 4 rings (SSSR count). The van der Waals surface area contributed by atoms with Crippen LogP contribution in [-0.4, -0.2) is 53.2 Å². The molecule has 0 saturated heterocycles. The Morgan fingerprint density at radius 3 is 2.72 bits per heavy atom. The maximum absolute atomic E-state index is 13.6. The topological polar surface area (TPSA) is 117 Å². The lowest BCUT2D eigenvalue weighted by Crippen LogP contribution is -2.51. The van der Waals surface area contributed by atoms with Gasteiger partial charge in [-0.1, -0.05) is 24.3 Å². The van der Waals surface area contributed by atoms with E-state index < -0.39 is 28.8 Å². The van der Waals surface area contributed by atoms with Gasteiger partial charge in [-0.3, -0.25) is 24.6 Å². The van der Waals surface area contributed by atoms with E-state index in [9.17, 15) is 19.7 Å². The van der Waals surface area contributed by atoms with Crippen molar-refractivity contribution in [3.63, 3.8) is 0 Å². The van der Waals surface area contributed by atoms with Gasteiger partial charge in [0, 0.05) is 19.2 Å². The van der Waals surface area contributed by atoms with Crippen LogP contribution in [0.4, 0.5) is 11.6 Å². The van der Waals surface area contributed by atoms with Crippen LogP contribution in [0.5, 0.6) is 0 Å². The predicted octanol–water partition coefficient (Wildman–Crippen LogP) is 2.71. The highest BCUT2D eigenvalue weighted by atomic mass is 16.6. The summed E-state index contributed by atoms with van der Waals surface area (Å²) in [5.41, 5.74) is 1.65. The highest BCUT2D eigenvalue weighted by molar-refractivity contribution is 6.08. The molecule has 1 amide bonds. The van der Waals surface area contributed by atoms with E-state index in [4.69, 9.17) is 9.47 Å². The zero-order valence-corrected chi connectivity index (χ0v) is 17.6. The Kier molecular flexibility index (Phi) is 5.87. The lowest BCUT2D eigenvalue weighted by Gasteiger charge is -2.37. The number of anilines is 1. The summed E-state index contributed by atoms with van der Waals surface area (Å²) in [5.74, 6) is -2.07. The van der Waals surface area contributed by atoms with Crippen molar-refractivity contribution in [2.75, 3.05) is 31.8 Å². The van der Waals surface area contributed by atoms with Gasteiger partial charge in [0.15, 0.2) is 5.92 Å². The first-order valence-corrected chi connectivity index (χ1v) is 10.2. The van der Waals surface area contributed by atoms with Crippen LogP contribution in [0, 0.1) is 16.0 Å². The SMILES string of the molecule is CCOC(=O)[C@@H]1C(=O)N(CCOC)c2nc3ccccc3n2[C@@H]1c1cccc([N+](=O)[O-])c1. The van der Waals surface area contributed by atoms with Gasteiger partial charge in [-0.2, -0.15) is 0 Å². The summed E-state index contributed by atoms with van der Waals surface area (Å²) in [6.45, 7) is 2.19. The van der Waals surface area contributed by atoms with Crippen molar-refractivity contribution in [3.05, 3.63) is 64.2 Å². The lowest BCUT2D eigenvalue weighted by molar-refractivity contribution is -0.384. The van der Waals surface area contributed by atoms with Gasteiger partial charge in [0.25, 0.3) is 5.69 Å². The minimum absolute atomic E-state index is 0.0971. The van der Waals surface area contributed by atoms with Crippen molar-refractivity contribution in [1.82, 2.24) is 9.55 Å². The molecule has 0 saturated carbocycles. The summed E-state index contributed by atoms with van der Waals surface area (Å²) >= 11 is 0. The van der Waals surface area contributed by atoms with Crippen molar-refractivity contribution < 1.29 is 24.0 Å². The molecule has 0 bridgehead atoms. The quantitative estimate of drug-likeness (QED) is 0.241. The van der Waals surface area contributed by atoms with E-state index in [1.807, 2.05) is 24.3 Å². The summed E-state index contributed by atoms with van der Waals surface area (Å²) in [7, 11) is 1.52. The van der Waals surface area contributed by atoms with Crippen molar-refractivity contribution in [3.8, 4) is 0 Å². The van der Waals surface area contributed by atoms with Crippen LogP contribution in [-0.2, 0) is 19.1 Å². The molecule has 2 atom stereocenters. The zero-order chi connectivity index (χ0) is 22.8. The second kappa shape index (κ2) is 8.75. The van der Waals surface area contributed by atoms with Gasteiger partial charge < -0.3 is 14.0 Å². The number of carbonyl (C=O) groups excluding carboxylic acids is 2. The number of nitro groups is 1. The Labute approximate surface area is 183 Å². The molecule has 2 aromatic carbocycles.